The maximum absolute atomic E-state index is 12.0. The van der Waals surface area contributed by atoms with E-state index in [0.717, 1.165) is 11.4 Å². The average Bonchev–Trinajstić information content (AvgIpc) is 2.89. The van der Waals surface area contributed by atoms with Gasteiger partial charge in [0, 0.05) is 0 Å². The number of pyridine rings is 1. The van der Waals surface area contributed by atoms with E-state index in [1.807, 2.05) is 12.1 Å². The van der Waals surface area contributed by atoms with Crippen molar-refractivity contribution in [2.24, 2.45) is 7.92 Å². The molecular weight excluding hydrogens is 309 g/mol. The van der Waals surface area contributed by atoms with Gasteiger partial charge in [-0.15, -0.1) is 0 Å². The first-order chi connectivity index (χ1) is 9.24. The molecule has 0 saturated heterocycles. The van der Waals surface area contributed by atoms with E-state index in [0.29, 0.717) is 17.1 Å². The molecule has 1 amide bonds. The molecule has 2 aromatic rings. The van der Waals surface area contributed by atoms with E-state index in [1.54, 1.807) is 18.2 Å². The Kier molecular flexibility index (Phi) is 2.98. The monoisotopic (exact) mass is 319 g/mol. The minimum atomic E-state index is -0.289. The van der Waals surface area contributed by atoms with Crippen molar-refractivity contribution >= 4 is 43.2 Å². The van der Waals surface area contributed by atoms with Crippen LogP contribution in [0.15, 0.2) is 44.5 Å². The first kappa shape index (κ1) is 11.8. The third-order valence-corrected chi connectivity index (χ3v) is 3.69. The number of aromatic nitrogens is 1. The predicted molar refractivity (Wildman–Crippen MR) is 73.0 cm³/mol. The second-order valence-corrected chi connectivity index (χ2v) is 4.98. The fraction of sp³-hybridized carbons (Fsp3) is 0. The van der Waals surface area contributed by atoms with Gasteiger partial charge in [-0.05, 0) is 0 Å². The van der Waals surface area contributed by atoms with Gasteiger partial charge in [0.15, 0.2) is 0 Å². The number of rotatable bonds is 2. The SMILES string of the molecule is Nc1ccc(C(=O)Nc2cccc3c2N=[Se]=N3)nc1. The summed E-state index contributed by atoms with van der Waals surface area (Å²) in [5.41, 5.74) is 8.59. The quantitative estimate of drug-likeness (QED) is 0.710. The summed E-state index contributed by atoms with van der Waals surface area (Å²) in [5.74, 6) is -0.289. The number of hydrogen-bond donors (Lipinski definition) is 2. The molecule has 0 atom stereocenters. The molecule has 3 N–H and O–H groups in total. The van der Waals surface area contributed by atoms with Gasteiger partial charge in [-0.2, -0.15) is 0 Å². The number of benzene rings is 1. The van der Waals surface area contributed by atoms with E-state index in [9.17, 15) is 4.79 Å². The van der Waals surface area contributed by atoms with Crippen LogP contribution in [0.5, 0.6) is 0 Å². The van der Waals surface area contributed by atoms with E-state index in [1.165, 1.54) is 6.20 Å². The Bertz CT molecular complexity index is 719. The Labute approximate surface area is 114 Å². The fourth-order valence-corrected chi connectivity index (χ4v) is 2.79. The van der Waals surface area contributed by atoms with Gasteiger partial charge < -0.3 is 0 Å². The topological polar surface area (TPSA) is 92.7 Å². The predicted octanol–water partition coefficient (Wildman–Crippen LogP) is 2.26. The zero-order valence-corrected chi connectivity index (χ0v) is 11.4. The van der Waals surface area contributed by atoms with Crippen LogP contribution in [0.1, 0.15) is 10.5 Å². The van der Waals surface area contributed by atoms with Gasteiger partial charge in [0.05, 0.1) is 0 Å². The van der Waals surface area contributed by atoms with Crippen LogP contribution in [0.2, 0.25) is 0 Å². The molecule has 3 rings (SSSR count). The summed E-state index contributed by atoms with van der Waals surface area (Å²) >= 11 is -0.122. The number of nitrogen functional groups attached to an aromatic ring is 1. The number of fused-ring (bicyclic) bond motifs is 1. The molecule has 19 heavy (non-hydrogen) atoms. The molecule has 0 spiro atoms. The van der Waals surface area contributed by atoms with Gasteiger partial charge in [-0.25, -0.2) is 0 Å². The van der Waals surface area contributed by atoms with Gasteiger partial charge in [0.1, 0.15) is 0 Å². The van der Waals surface area contributed by atoms with Crippen molar-refractivity contribution in [1.82, 2.24) is 4.98 Å². The summed E-state index contributed by atoms with van der Waals surface area (Å²) in [6.45, 7) is 0. The zero-order chi connectivity index (χ0) is 13.2. The summed E-state index contributed by atoms with van der Waals surface area (Å²) in [5, 5.41) is 2.79. The van der Waals surface area contributed by atoms with Crippen LogP contribution in [-0.2, 0) is 0 Å². The summed E-state index contributed by atoms with van der Waals surface area (Å²) in [6, 6.07) is 8.74. The molecule has 0 radical (unpaired) electrons. The molecule has 2 heterocycles. The number of amides is 1. The van der Waals surface area contributed by atoms with E-state index >= 15 is 0 Å². The van der Waals surface area contributed by atoms with Gasteiger partial charge >= 0.3 is 114 Å². The van der Waals surface area contributed by atoms with Gasteiger partial charge in [0.25, 0.3) is 0 Å². The molecule has 6 nitrogen and oxygen atoms in total. The van der Waals surface area contributed by atoms with Crippen LogP contribution in [0, 0.1) is 0 Å². The molecule has 1 aromatic heterocycles. The summed E-state index contributed by atoms with van der Waals surface area (Å²) < 4.78 is 8.56. The molecule has 0 unspecified atom stereocenters. The number of carbonyl (C=O) groups is 1. The van der Waals surface area contributed by atoms with E-state index in [-0.39, 0.29) is 20.5 Å². The van der Waals surface area contributed by atoms with Crippen molar-refractivity contribution in [3.05, 3.63) is 42.2 Å². The first-order valence-corrected chi connectivity index (χ1v) is 7.01. The number of carbonyl (C=O) groups excluding carboxylic acids is 1. The van der Waals surface area contributed by atoms with E-state index < -0.39 is 0 Å². The number of hydrogen-bond acceptors (Lipinski definition) is 5. The van der Waals surface area contributed by atoms with Crippen molar-refractivity contribution in [1.29, 1.82) is 0 Å². The number of nitrogens with two attached hydrogens (primary N) is 1. The standard InChI is InChI=1S/C12H9N5OSe/c13-7-4-5-10(14-6-7)12(18)15-8-2-1-3-9-11(8)17-19-16-9/h1-6H,13H2,(H,15,18). The van der Waals surface area contributed by atoms with Gasteiger partial charge in [-0.1, -0.05) is 0 Å². The van der Waals surface area contributed by atoms with Crippen LogP contribution in [0.4, 0.5) is 22.7 Å². The van der Waals surface area contributed by atoms with Gasteiger partial charge in [-0.3, -0.25) is 0 Å². The van der Waals surface area contributed by atoms with E-state index in [2.05, 4.69) is 18.2 Å². The van der Waals surface area contributed by atoms with Crippen molar-refractivity contribution in [2.45, 2.75) is 0 Å². The Morgan fingerprint density at radius 1 is 1.21 bits per heavy atom. The van der Waals surface area contributed by atoms with Crippen LogP contribution < -0.4 is 11.1 Å². The second kappa shape index (κ2) is 4.79. The molecule has 94 valence electrons. The van der Waals surface area contributed by atoms with E-state index in [4.69, 9.17) is 5.73 Å². The Morgan fingerprint density at radius 2 is 2.11 bits per heavy atom. The first-order valence-electron chi connectivity index (χ1n) is 5.48. The fourth-order valence-electron chi connectivity index (χ4n) is 1.63. The summed E-state index contributed by atoms with van der Waals surface area (Å²) in [4.78, 5) is 16.0. The van der Waals surface area contributed by atoms with Crippen LogP contribution in [0.25, 0.3) is 0 Å². The molecule has 1 aromatic carbocycles. The van der Waals surface area contributed by atoms with Crippen molar-refractivity contribution in [2.75, 3.05) is 11.1 Å². The zero-order valence-electron chi connectivity index (χ0n) is 9.70. The summed E-state index contributed by atoms with van der Waals surface area (Å²) in [6.07, 6.45) is 1.45. The van der Waals surface area contributed by atoms with Crippen LogP contribution >= 0.6 is 0 Å². The number of nitrogens with zero attached hydrogens (tertiary/aromatic N) is 3. The third kappa shape index (κ3) is 2.33. The molecule has 0 aliphatic carbocycles. The van der Waals surface area contributed by atoms with Crippen molar-refractivity contribution in [3.8, 4) is 0 Å². The average molecular weight is 318 g/mol. The van der Waals surface area contributed by atoms with Gasteiger partial charge in [0.2, 0.25) is 0 Å². The molecular formula is C12H9N5OSe. The molecule has 0 saturated carbocycles. The Balaban J connectivity index is 1.86. The van der Waals surface area contributed by atoms with Crippen LogP contribution in [0.3, 0.4) is 0 Å². The Morgan fingerprint density at radius 3 is 2.89 bits per heavy atom. The normalized spacial score (nSPS) is 11.8. The second-order valence-electron chi connectivity index (χ2n) is 3.87. The van der Waals surface area contributed by atoms with Crippen molar-refractivity contribution in [3.63, 3.8) is 0 Å². The van der Waals surface area contributed by atoms with Crippen molar-refractivity contribution < 1.29 is 4.79 Å². The maximum atomic E-state index is 12.0. The summed E-state index contributed by atoms with van der Waals surface area (Å²) in [7, 11) is 0. The van der Waals surface area contributed by atoms with Crippen LogP contribution in [-0.4, -0.2) is 25.5 Å². The molecule has 0 bridgehead atoms. The minimum absolute atomic E-state index is 0.122. The number of nitrogens with one attached hydrogen (secondary N) is 1. The number of anilines is 2. The molecule has 0 fully saturated rings. The molecule has 1 aliphatic heterocycles. The molecule has 1 aliphatic rings. The third-order valence-electron chi connectivity index (χ3n) is 2.55. The molecule has 7 heteroatoms. The Hall–Kier alpha value is -2.24.